The van der Waals surface area contributed by atoms with Crippen LogP contribution in [0.2, 0.25) is 0 Å². The van der Waals surface area contributed by atoms with E-state index in [9.17, 15) is 0 Å². The van der Waals surface area contributed by atoms with Crippen molar-refractivity contribution in [3.8, 4) is 0 Å². The highest BCUT2D eigenvalue weighted by Crippen LogP contribution is 2.35. The summed E-state index contributed by atoms with van der Waals surface area (Å²) in [6, 6.07) is 0. The molecule has 2 rings (SSSR count). The fourth-order valence-electron chi connectivity index (χ4n) is 3.77. The summed E-state index contributed by atoms with van der Waals surface area (Å²) in [5.41, 5.74) is 0. The first-order valence-corrected chi connectivity index (χ1v) is 7.34. The summed E-state index contributed by atoms with van der Waals surface area (Å²) in [4.78, 5) is 0. The zero-order chi connectivity index (χ0) is 10.5. The normalized spacial score (nSPS) is 34.2. The van der Waals surface area contributed by atoms with Crippen LogP contribution in [0.1, 0.15) is 77.6 Å². The predicted octanol–water partition coefficient (Wildman–Crippen LogP) is 5.17. The van der Waals surface area contributed by atoms with Crippen molar-refractivity contribution in [3.05, 3.63) is 0 Å². The van der Waals surface area contributed by atoms with Crippen LogP contribution in [0.4, 0.5) is 0 Å². The zero-order valence-electron chi connectivity index (χ0n) is 10.5. The van der Waals surface area contributed by atoms with Crippen LogP contribution < -0.4 is 0 Å². The fraction of sp³-hybridized carbons (Fsp3) is 1.00. The van der Waals surface area contributed by atoms with Crippen LogP contribution in [0.3, 0.4) is 0 Å². The minimum Gasteiger partial charge on any atom is -0.0625 e. The summed E-state index contributed by atoms with van der Waals surface area (Å²) in [5.74, 6) is 3.22. The topological polar surface area (TPSA) is 0 Å². The van der Waals surface area contributed by atoms with Gasteiger partial charge in [0.05, 0.1) is 0 Å². The predicted molar refractivity (Wildman–Crippen MR) is 66.9 cm³/mol. The van der Waals surface area contributed by atoms with Gasteiger partial charge in [0.15, 0.2) is 0 Å². The van der Waals surface area contributed by atoms with Crippen LogP contribution in [-0.2, 0) is 0 Å². The molecule has 0 aromatic carbocycles. The van der Waals surface area contributed by atoms with Crippen molar-refractivity contribution in [2.75, 3.05) is 0 Å². The first-order valence-electron chi connectivity index (χ1n) is 7.34. The molecule has 0 heteroatoms. The Kier molecular flexibility index (Phi) is 4.53. The quantitative estimate of drug-likeness (QED) is 0.600. The van der Waals surface area contributed by atoms with E-state index in [1.54, 1.807) is 25.7 Å². The van der Waals surface area contributed by atoms with Crippen LogP contribution in [0, 0.1) is 17.8 Å². The number of hydrogen-bond donors (Lipinski definition) is 0. The van der Waals surface area contributed by atoms with Crippen molar-refractivity contribution >= 4 is 0 Å². The maximum absolute atomic E-state index is 2.45. The standard InChI is InChI=1S/C15H28/c1-13-6-5-9-15(12-13)11-10-14-7-3-2-4-8-14/h13-15H,2-12H2,1H3. The molecule has 2 aliphatic carbocycles. The van der Waals surface area contributed by atoms with Crippen molar-refractivity contribution in [1.29, 1.82) is 0 Å². The van der Waals surface area contributed by atoms with Crippen LogP contribution in [0.5, 0.6) is 0 Å². The number of rotatable bonds is 3. The molecule has 15 heavy (non-hydrogen) atoms. The van der Waals surface area contributed by atoms with Crippen molar-refractivity contribution < 1.29 is 0 Å². The van der Waals surface area contributed by atoms with Gasteiger partial charge >= 0.3 is 0 Å². The average Bonchev–Trinajstić information content (AvgIpc) is 2.28. The van der Waals surface area contributed by atoms with Gasteiger partial charge in [-0.2, -0.15) is 0 Å². The molecule has 0 N–H and O–H groups in total. The molecule has 0 aromatic rings. The molecule has 0 spiro atoms. The van der Waals surface area contributed by atoms with Crippen molar-refractivity contribution in [2.45, 2.75) is 77.6 Å². The maximum Gasteiger partial charge on any atom is -0.0412 e. The van der Waals surface area contributed by atoms with Crippen LogP contribution in [0.25, 0.3) is 0 Å². The van der Waals surface area contributed by atoms with Crippen LogP contribution in [-0.4, -0.2) is 0 Å². The van der Waals surface area contributed by atoms with E-state index >= 15 is 0 Å². The highest BCUT2D eigenvalue weighted by molar-refractivity contribution is 4.73. The lowest BCUT2D eigenvalue weighted by atomic mass is 9.77. The molecule has 88 valence electrons. The molecule has 0 radical (unpaired) electrons. The van der Waals surface area contributed by atoms with Gasteiger partial charge in [-0.25, -0.2) is 0 Å². The molecule has 0 aliphatic heterocycles. The summed E-state index contributed by atoms with van der Waals surface area (Å²) in [6.07, 6.45) is 16.8. The Morgan fingerprint density at radius 2 is 1.40 bits per heavy atom. The zero-order valence-corrected chi connectivity index (χ0v) is 10.5. The molecule has 0 heterocycles. The summed E-state index contributed by atoms with van der Waals surface area (Å²) < 4.78 is 0. The van der Waals surface area contributed by atoms with E-state index in [-0.39, 0.29) is 0 Å². The lowest BCUT2D eigenvalue weighted by Gasteiger charge is -2.29. The molecular formula is C15H28. The smallest absolute Gasteiger partial charge is 0.0412 e. The Hall–Kier alpha value is 0. The van der Waals surface area contributed by atoms with E-state index in [4.69, 9.17) is 0 Å². The molecule has 0 nitrogen and oxygen atoms in total. The second-order valence-corrected chi connectivity index (χ2v) is 6.22. The third-order valence-corrected chi connectivity index (χ3v) is 4.75. The van der Waals surface area contributed by atoms with Gasteiger partial charge in [-0.05, 0) is 24.2 Å². The van der Waals surface area contributed by atoms with Gasteiger partial charge in [0.2, 0.25) is 0 Å². The van der Waals surface area contributed by atoms with Gasteiger partial charge in [0.1, 0.15) is 0 Å². The molecule has 2 unspecified atom stereocenters. The van der Waals surface area contributed by atoms with Gasteiger partial charge in [-0.3, -0.25) is 0 Å². The van der Waals surface area contributed by atoms with Gasteiger partial charge < -0.3 is 0 Å². The van der Waals surface area contributed by atoms with Gasteiger partial charge in [-0.1, -0.05) is 71.1 Å². The van der Waals surface area contributed by atoms with E-state index in [1.165, 1.54) is 44.9 Å². The molecule has 0 amide bonds. The van der Waals surface area contributed by atoms with Crippen molar-refractivity contribution in [2.24, 2.45) is 17.8 Å². The molecule has 0 bridgehead atoms. The Balaban J connectivity index is 1.63. The maximum atomic E-state index is 2.45. The van der Waals surface area contributed by atoms with Gasteiger partial charge in [0, 0.05) is 0 Å². The minimum atomic E-state index is 1.02. The molecule has 0 aromatic heterocycles. The SMILES string of the molecule is CC1CCCC(CCC2CCCCC2)C1. The highest BCUT2D eigenvalue weighted by Gasteiger charge is 2.20. The first kappa shape index (κ1) is 11.5. The highest BCUT2D eigenvalue weighted by atomic mass is 14.3. The van der Waals surface area contributed by atoms with Crippen molar-refractivity contribution in [3.63, 3.8) is 0 Å². The van der Waals surface area contributed by atoms with E-state index in [1.807, 2.05) is 0 Å². The third kappa shape index (κ3) is 3.81. The van der Waals surface area contributed by atoms with Gasteiger partial charge in [0.25, 0.3) is 0 Å². The molecule has 2 atom stereocenters. The molecule has 0 saturated heterocycles. The lowest BCUT2D eigenvalue weighted by Crippen LogP contribution is -2.15. The van der Waals surface area contributed by atoms with E-state index in [2.05, 4.69) is 6.92 Å². The largest absolute Gasteiger partial charge is 0.0625 e. The van der Waals surface area contributed by atoms with Gasteiger partial charge in [-0.15, -0.1) is 0 Å². The second-order valence-electron chi connectivity index (χ2n) is 6.22. The lowest BCUT2D eigenvalue weighted by molar-refractivity contribution is 0.237. The average molecular weight is 208 g/mol. The Bertz CT molecular complexity index is 167. The van der Waals surface area contributed by atoms with E-state index < -0.39 is 0 Å². The molecular weight excluding hydrogens is 180 g/mol. The first-order chi connectivity index (χ1) is 7.34. The Morgan fingerprint density at radius 1 is 0.733 bits per heavy atom. The van der Waals surface area contributed by atoms with Crippen LogP contribution in [0.15, 0.2) is 0 Å². The summed E-state index contributed by atoms with van der Waals surface area (Å²) in [6.45, 7) is 2.45. The van der Waals surface area contributed by atoms with E-state index in [0.29, 0.717) is 0 Å². The molecule has 2 fully saturated rings. The molecule has 2 saturated carbocycles. The number of hydrogen-bond acceptors (Lipinski definition) is 0. The van der Waals surface area contributed by atoms with E-state index in [0.717, 1.165) is 17.8 Å². The fourth-order valence-corrected chi connectivity index (χ4v) is 3.77. The summed E-state index contributed by atoms with van der Waals surface area (Å²) in [7, 11) is 0. The Labute approximate surface area is 95.8 Å². The second kappa shape index (κ2) is 5.92. The summed E-state index contributed by atoms with van der Waals surface area (Å²) >= 11 is 0. The third-order valence-electron chi connectivity index (χ3n) is 4.75. The molecule has 2 aliphatic rings. The van der Waals surface area contributed by atoms with Crippen molar-refractivity contribution in [1.82, 2.24) is 0 Å². The Morgan fingerprint density at radius 3 is 2.13 bits per heavy atom. The van der Waals surface area contributed by atoms with Crippen LogP contribution >= 0.6 is 0 Å². The monoisotopic (exact) mass is 208 g/mol. The minimum absolute atomic E-state index is 1.02. The summed E-state index contributed by atoms with van der Waals surface area (Å²) in [5, 5.41) is 0.